The minimum Gasteiger partial charge on any atom is -0.456 e. The van der Waals surface area contributed by atoms with Crippen LogP contribution in [0, 0.1) is 6.92 Å². The minimum absolute atomic E-state index is 0.120. The number of aromatic nitrogens is 3. The summed E-state index contributed by atoms with van der Waals surface area (Å²) in [5.74, 6) is 2.87. The van der Waals surface area contributed by atoms with Crippen LogP contribution in [0.4, 0.5) is 11.4 Å². The molecule has 0 amide bonds. The largest absolute Gasteiger partial charge is 0.456 e. The second-order valence-corrected chi connectivity index (χ2v) is 11.6. The molecule has 0 bridgehead atoms. The van der Waals surface area contributed by atoms with Gasteiger partial charge in [-0.25, -0.2) is 15.0 Å². The topological polar surface area (TPSA) is 55.1 Å². The first-order chi connectivity index (χ1) is 22.2. The highest BCUT2D eigenvalue weighted by molar-refractivity contribution is 5.99. The Labute approximate surface area is 261 Å². The van der Waals surface area contributed by atoms with Gasteiger partial charge in [0.05, 0.1) is 11.6 Å². The summed E-state index contributed by atoms with van der Waals surface area (Å²) in [4.78, 5) is 17.4. The van der Waals surface area contributed by atoms with E-state index < -0.39 is 0 Å². The number of nitrogens with zero attached hydrogens (tertiary/aromatic N) is 4. The molecule has 2 aliphatic rings. The molecule has 2 atom stereocenters. The summed E-state index contributed by atoms with van der Waals surface area (Å²) in [6.45, 7) is 2.17. The summed E-state index contributed by atoms with van der Waals surface area (Å²) in [5, 5.41) is 1.13. The highest BCUT2D eigenvalue weighted by Gasteiger charge is 2.43. The number of benzene rings is 5. The van der Waals surface area contributed by atoms with Crippen LogP contribution in [0.25, 0.3) is 51.2 Å². The first-order valence-electron chi connectivity index (χ1n) is 15.3. The van der Waals surface area contributed by atoms with Crippen molar-refractivity contribution in [1.82, 2.24) is 15.0 Å². The van der Waals surface area contributed by atoms with Crippen molar-refractivity contribution in [1.29, 1.82) is 0 Å². The van der Waals surface area contributed by atoms with Gasteiger partial charge in [0.2, 0.25) is 0 Å². The molecule has 45 heavy (non-hydrogen) atoms. The van der Waals surface area contributed by atoms with E-state index in [2.05, 4.69) is 90.7 Å². The molecular formula is C40H28N4O. The molecule has 5 nitrogen and oxygen atoms in total. The summed E-state index contributed by atoms with van der Waals surface area (Å²) in [5.41, 5.74) is 9.67. The molecule has 5 heteroatoms. The SMILES string of the molecule is Cc1ccc(-c2nc(-c3ccccc3)nc(-c3ccccc3)n2)c2oc3c(c12)C1c2ccccc2N(c2ccccc2)C1C=C3. The van der Waals surface area contributed by atoms with E-state index in [4.69, 9.17) is 19.4 Å². The predicted molar refractivity (Wildman–Crippen MR) is 180 cm³/mol. The van der Waals surface area contributed by atoms with Gasteiger partial charge >= 0.3 is 0 Å². The number of anilines is 2. The van der Waals surface area contributed by atoms with Gasteiger partial charge in [0.1, 0.15) is 11.3 Å². The number of para-hydroxylation sites is 2. The molecule has 5 aromatic carbocycles. The van der Waals surface area contributed by atoms with Gasteiger partial charge < -0.3 is 9.32 Å². The van der Waals surface area contributed by atoms with Crippen LogP contribution >= 0.6 is 0 Å². The molecule has 0 radical (unpaired) electrons. The molecule has 214 valence electrons. The fraction of sp³-hybridized carbons (Fsp3) is 0.0750. The van der Waals surface area contributed by atoms with Crippen molar-refractivity contribution in [2.24, 2.45) is 0 Å². The molecule has 0 saturated heterocycles. The summed E-state index contributed by atoms with van der Waals surface area (Å²) in [7, 11) is 0. The fourth-order valence-corrected chi connectivity index (χ4v) is 7.02. The number of hydrogen-bond acceptors (Lipinski definition) is 5. The van der Waals surface area contributed by atoms with E-state index in [9.17, 15) is 0 Å². The first kappa shape index (κ1) is 25.7. The maximum Gasteiger partial charge on any atom is 0.167 e. The van der Waals surface area contributed by atoms with Gasteiger partial charge in [-0.15, -0.1) is 0 Å². The molecule has 2 unspecified atom stereocenters. The number of fused-ring (bicyclic) bond motifs is 7. The summed E-state index contributed by atoms with van der Waals surface area (Å²) in [6.07, 6.45) is 4.45. The molecule has 0 N–H and O–H groups in total. The van der Waals surface area contributed by atoms with E-state index in [1.807, 2.05) is 60.7 Å². The van der Waals surface area contributed by atoms with Crippen molar-refractivity contribution >= 4 is 28.4 Å². The zero-order valence-electron chi connectivity index (χ0n) is 24.6. The van der Waals surface area contributed by atoms with Gasteiger partial charge in [-0.1, -0.05) is 109 Å². The van der Waals surface area contributed by atoms with Gasteiger partial charge in [-0.2, -0.15) is 0 Å². The number of rotatable bonds is 4. The molecule has 0 fully saturated rings. The molecule has 1 aliphatic heterocycles. The first-order valence-corrected chi connectivity index (χ1v) is 15.3. The highest BCUT2D eigenvalue weighted by Crippen LogP contribution is 2.54. The number of hydrogen-bond donors (Lipinski definition) is 0. The molecule has 7 aromatic rings. The van der Waals surface area contributed by atoms with E-state index in [0.29, 0.717) is 17.5 Å². The van der Waals surface area contributed by atoms with Gasteiger partial charge in [0.15, 0.2) is 17.5 Å². The van der Waals surface area contributed by atoms with Crippen LogP contribution in [0.2, 0.25) is 0 Å². The van der Waals surface area contributed by atoms with Gasteiger partial charge in [0, 0.05) is 39.4 Å². The van der Waals surface area contributed by atoms with Crippen LogP contribution in [-0.2, 0) is 0 Å². The van der Waals surface area contributed by atoms with E-state index in [1.165, 1.54) is 28.1 Å². The Kier molecular flexibility index (Phi) is 5.78. The van der Waals surface area contributed by atoms with E-state index in [1.54, 1.807) is 0 Å². The van der Waals surface area contributed by atoms with Crippen LogP contribution in [0.3, 0.4) is 0 Å². The van der Waals surface area contributed by atoms with Crippen molar-refractivity contribution in [2.75, 3.05) is 4.90 Å². The lowest BCUT2D eigenvalue weighted by Crippen LogP contribution is -2.30. The number of aryl methyl sites for hydroxylation is 1. The Bertz CT molecular complexity index is 2180. The van der Waals surface area contributed by atoms with E-state index in [0.717, 1.165) is 33.4 Å². The molecule has 0 spiro atoms. The molecule has 9 rings (SSSR count). The van der Waals surface area contributed by atoms with Crippen LogP contribution in [0.5, 0.6) is 0 Å². The lowest BCUT2D eigenvalue weighted by Gasteiger charge is -2.30. The Morgan fingerprint density at radius 2 is 1.22 bits per heavy atom. The predicted octanol–water partition coefficient (Wildman–Crippen LogP) is 9.61. The summed E-state index contributed by atoms with van der Waals surface area (Å²) < 4.78 is 6.81. The Balaban J connectivity index is 1.26. The zero-order chi connectivity index (χ0) is 29.9. The van der Waals surface area contributed by atoms with Crippen LogP contribution in [0.15, 0.2) is 138 Å². The third-order valence-corrected chi connectivity index (χ3v) is 9.01. The fourth-order valence-electron chi connectivity index (χ4n) is 7.02. The highest BCUT2D eigenvalue weighted by atomic mass is 16.3. The van der Waals surface area contributed by atoms with Gasteiger partial charge in [-0.3, -0.25) is 0 Å². The lowest BCUT2D eigenvalue weighted by atomic mass is 9.81. The van der Waals surface area contributed by atoms with Gasteiger partial charge in [0.25, 0.3) is 0 Å². The Hall–Kier alpha value is -5.81. The lowest BCUT2D eigenvalue weighted by molar-refractivity contribution is 0.584. The molecular weight excluding hydrogens is 552 g/mol. The van der Waals surface area contributed by atoms with Crippen LogP contribution in [-0.4, -0.2) is 21.0 Å². The number of furan rings is 1. The third kappa shape index (κ3) is 4.05. The third-order valence-electron chi connectivity index (χ3n) is 9.01. The van der Waals surface area contributed by atoms with Crippen molar-refractivity contribution in [3.05, 3.63) is 156 Å². The van der Waals surface area contributed by atoms with Crippen molar-refractivity contribution in [2.45, 2.75) is 18.9 Å². The summed E-state index contributed by atoms with van der Waals surface area (Å²) >= 11 is 0. The van der Waals surface area contributed by atoms with Crippen molar-refractivity contribution in [3.8, 4) is 34.2 Å². The van der Waals surface area contributed by atoms with Crippen LogP contribution in [0.1, 0.15) is 28.4 Å². The zero-order valence-corrected chi connectivity index (χ0v) is 24.6. The van der Waals surface area contributed by atoms with Crippen LogP contribution < -0.4 is 4.90 Å². The average Bonchev–Trinajstić information content (AvgIpc) is 3.66. The normalized spacial score (nSPS) is 16.4. The second-order valence-electron chi connectivity index (χ2n) is 11.6. The van der Waals surface area contributed by atoms with E-state index in [-0.39, 0.29) is 12.0 Å². The smallest absolute Gasteiger partial charge is 0.167 e. The molecule has 3 heterocycles. The second kappa shape index (κ2) is 10.1. The van der Waals surface area contributed by atoms with E-state index >= 15 is 0 Å². The maximum absolute atomic E-state index is 6.81. The minimum atomic E-state index is 0.120. The molecule has 0 saturated carbocycles. The Morgan fingerprint density at radius 3 is 1.91 bits per heavy atom. The standard InChI is InChI=1S/C40H28N4O/c1-25-21-22-30(40-42-38(26-13-5-2-6-14-26)41-39(43-40)27-15-7-3-8-16-27)37-34(25)36-33(45-37)24-23-32-35(36)29-19-11-12-20-31(29)44(32)28-17-9-4-10-18-28/h2-24,32,35H,1H3. The molecule has 2 aromatic heterocycles. The Morgan fingerprint density at radius 1 is 0.622 bits per heavy atom. The maximum atomic E-state index is 6.81. The van der Waals surface area contributed by atoms with Crippen molar-refractivity contribution < 1.29 is 4.42 Å². The molecule has 1 aliphatic carbocycles. The average molecular weight is 581 g/mol. The summed E-state index contributed by atoms with van der Waals surface area (Å²) in [6, 6.07) is 44.0. The quantitative estimate of drug-likeness (QED) is 0.207. The van der Waals surface area contributed by atoms with Crippen molar-refractivity contribution in [3.63, 3.8) is 0 Å². The monoisotopic (exact) mass is 580 g/mol. The van der Waals surface area contributed by atoms with Gasteiger partial charge in [-0.05, 0) is 48.4 Å².